The van der Waals surface area contributed by atoms with Gasteiger partial charge in [0.15, 0.2) is 0 Å². The molecule has 0 aliphatic heterocycles. The molecule has 0 bridgehead atoms. The van der Waals surface area contributed by atoms with E-state index < -0.39 is 10.0 Å². The maximum absolute atomic E-state index is 12.2. The summed E-state index contributed by atoms with van der Waals surface area (Å²) < 4.78 is 32.4. The minimum absolute atomic E-state index is 0.224. The van der Waals surface area contributed by atoms with Gasteiger partial charge in [-0.2, -0.15) is 0 Å². The van der Waals surface area contributed by atoms with Crippen LogP contribution in [0.3, 0.4) is 0 Å². The lowest BCUT2D eigenvalue weighted by Crippen LogP contribution is -2.26. The van der Waals surface area contributed by atoms with Gasteiger partial charge in [-0.1, -0.05) is 0 Å². The highest BCUT2D eigenvalue weighted by Crippen LogP contribution is 2.21. The Labute approximate surface area is 125 Å². The van der Waals surface area contributed by atoms with Crippen LogP contribution in [-0.2, 0) is 21.3 Å². The molecule has 0 aliphatic rings. The first-order valence-electron chi connectivity index (χ1n) is 6.79. The van der Waals surface area contributed by atoms with Gasteiger partial charge in [-0.25, -0.2) is 13.1 Å². The van der Waals surface area contributed by atoms with E-state index in [0.29, 0.717) is 24.6 Å². The fourth-order valence-electron chi connectivity index (χ4n) is 1.69. The summed E-state index contributed by atoms with van der Waals surface area (Å²) in [6, 6.07) is 1.65. The number of sulfonamides is 1. The van der Waals surface area contributed by atoms with E-state index in [1.54, 1.807) is 18.5 Å². The Kier molecular flexibility index (Phi) is 7.68. The summed E-state index contributed by atoms with van der Waals surface area (Å²) in [6.45, 7) is 5.66. The average Bonchev–Trinajstić information content (AvgIpc) is 2.83. The molecule has 1 heterocycles. The van der Waals surface area contributed by atoms with Crippen molar-refractivity contribution in [3.63, 3.8) is 0 Å². The Hall–Kier alpha value is -0.470. The summed E-state index contributed by atoms with van der Waals surface area (Å²) in [5.41, 5.74) is 0. The van der Waals surface area contributed by atoms with Gasteiger partial charge < -0.3 is 10.1 Å². The van der Waals surface area contributed by atoms with Gasteiger partial charge in [0.2, 0.25) is 10.0 Å². The molecule has 0 saturated heterocycles. The van der Waals surface area contributed by atoms with Crippen molar-refractivity contribution in [1.82, 2.24) is 10.0 Å². The first-order valence-corrected chi connectivity index (χ1v) is 9.16. The van der Waals surface area contributed by atoms with Crippen LogP contribution in [0.2, 0.25) is 0 Å². The van der Waals surface area contributed by atoms with E-state index in [9.17, 15) is 8.42 Å². The molecular formula is C13H24N2O3S2. The molecule has 5 nitrogen and oxygen atoms in total. The van der Waals surface area contributed by atoms with E-state index in [1.807, 2.05) is 13.8 Å². The van der Waals surface area contributed by atoms with Gasteiger partial charge in [-0.15, -0.1) is 11.3 Å². The maximum Gasteiger partial charge on any atom is 0.241 e. The summed E-state index contributed by atoms with van der Waals surface area (Å²) in [5.74, 6) is 0. The first-order chi connectivity index (χ1) is 9.47. The van der Waals surface area contributed by atoms with Crippen LogP contribution in [-0.4, -0.2) is 34.7 Å². The third kappa shape index (κ3) is 5.88. The summed E-state index contributed by atoms with van der Waals surface area (Å²) >= 11 is 1.45. The molecule has 0 atom stereocenters. The zero-order chi connectivity index (χ0) is 15.0. The Morgan fingerprint density at radius 3 is 2.75 bits per heavy atom. The van der Waals surface area contributed by atoms with Crippen LogP contribution in [0.5, 0.6) is 0 Å². The van der Waals surface area contributed by atoms with Crippen LogP contribution < -0.4 is 10.0 Å². The van der Waals surface area contributed by atoms with Gasteiger partial charge in [0.1, 0.15) is 0 Å². The van der Waals surface area contributed by atoms with Crippen molar-refractivity contribution in [2.24, 2.45) is 0 Å². The van der Waals surface area contributed by atoms with Gasteiger partial charge in [-0.05, 0) is 45.2 Å². The smallest absolute Gasteiger partial charge is 0.241 e. The minimum Gasteiger partial charge on any atom is -0.379 e. The van der Waals surface area contributed by atoms with Gasteiger partial charge in [0, 0.05) is 24.6 Å². The lowest BCUT2D eigenvalue weighted by molar-refractivity contribution is 0.0762. The van der Waals surface area contributed by atoms with Crippen molar-refractivity contribution >= 4 is 21.4 Å². The Bertz CT molecular complexity index is 484. The highest BCUT2D eigenvalue weighted by molar-refractivity contribution is 7.89. The second-order valence-electron chi connectivity index (χ2n) is 4.76. The summed E-state index contributed by atoms with van der Waals surface area (Å²) in [4.78, 5) is 1.22. The second kappa shape index (κ2) is 8.74. The topological polar surface area (TPSA) is 67.4 Å². The van der Waals surface area contributed by atoms with E-state index in [-0.39, 0.29) is 6.10 Å². The zero-order valence-electron chi connectivity index (χ0n) is 12.3. The third-order valence-corrected chi connectivity index (χ3v) is 5.24. The molecular weight excluding hydrogens is 296 g/mol. The molecule has 0 fully saturated rings. The van der Waals surface area contributed by atoms with E-state index in [0.717, 1.165) is 17.7 Å². The number of thiophene rings is 1. The second-order valence-corrected chi connectivity index (χ2v) is 7.50. The number of ether oxygens (including phenoxy) is 1. The van der Waals surface area contributed by atoms with Crippen LogP contribution in [0.4, 0.5) is 0 Å². The van der Waals surface area contributed by atoms with Crippen LogP contribution in [0.1, 0.15) is 31.6 Å². The molecule has 1 rings (SSSR count). The molecule has 0 amide bonds. The predicted octanol–water partition coefficient (Wildman–Crippen LogP) is 1.95. The minimum atomic E-state index is -3.39. The molecule has 0 aromatic carbocycles. The van der Waals surface area contributed by atoms with Crippen molar-refractivity contribution in [3.8, 4) is 0 Å². The molecule has 0 aliphatic carbocycles. The molecule has 2 N–H and O–H groups in total. The third-order valence-electron chi connectivity index (χ3n) is 2.65. The molecule has 1 aromatic heterocycles. The summed E-state index contributed by atoms with van der Waals surface area (Å²) in [7, 11) is -1.59. The monoisotopic (exact) mass is 320 g/mol. The highest BCUT2D eigenvalue weighted by atomic mass is 32.2. The molecule has 0 radical (unpaired) electrons. The van der Waals surface area contributed by atoms with Crippen LogP contribution in [0, 0.1) is 0 Å². The summed E-state index contributed by atoms with van der Waals surface area (Å²) in [6.07, 6.45) is 1.85. The standard InChI is InChI=1S/C13H24N2O3S2/c1-11(2)18-8-5-4-7-15-20(16,17)13-6-9-19-12(13)10-14-3/h6,9,11,14-15H,4-5,7-8,10H2,1-3H3. The number of hydrogen-bond donors (Lipinski definition) is 2. The van der Waals surface area contributed by atoms with E-state index in [2.05, 4.69) is 10.0 Å². The van der Waals surface area contributed by atoms with Crippen LogP contribution in [0.15, 0.2) is 16.3 Å². The Morgan fingerprint density at radius 2 is 2.10 bits per heavy atom. The number of hydrogen-bond acceptors (Lipinski definition) is 5. The molecule has 1 aromatic rings. The fraction of sp³-hybridized carbons (Fsp3) is 0.692. The molecule has 0 saturated carbocycles. The van der Waals surface area contributed by atoms with Crippen LogP contribution in [0.25, 0.3) is 0 Å². The van der Waals surface area contributed by atoms with Crippen molar-refractivity contribution in [2.45, 2.75) is 44.2 Å². The first kappa shape index (κ1) is 17.6. The molecule has 0 unspecified atom stereocenters. The van der Waals surface area contributed by atoms with Gasteiger partial charge >= 0.3 is 0 Å². The van der Waals surface area contributed by atoms with Gasteiger partial charge in [0.25, 0.3) is 0 Å². The van der Waals surface area contributed by atoms with Crippen molar-refractivity contribution in [3.05, 3.63) is 16.3 Å². The molecule has 0 spiro atoms. The number of unbranched alkanes of at least 4 members (excludes halogenated alkanes) is 1. The van der Waals surface area contributed by atoms with E-state index in [4.69, 9.17) is 4.74 Å². The molecule has 20 heavy (non-hydrogen) atoms. The number of rotatable bonds is 10. The maximum atomic E-state index is 12.2. The summed E-state index contributed by atoms with van der Waals surface area (Å²) in [5, 5.41) is 4.78. The Balaban J connectivity index is 2.40. The van der Waals surface area contributed by atoms with E-state index in [1.165, 1.54) is 11.3 Å². The highest BCUT2D eigenvalue weighted by Gasteiger charge is 2.18. The van der Waals surface area contributed by atoms with Crippen molar-refractivity contribution in [2.75, 3.05) is 20.2 Å². The molecule has 116 valence electrons. The largest absolute Gasteiger partial charge is 0.379 e. The van der Waals surface area contributed by atoms with Gasteiger partial charge in [0.05, 0.1) is 11.0 Å². The van der Waals surface area contributed by atoms with E-state index >= 15 is 0 Å². The lowest BCUT2D eigenvalue weighted by atomic mass is 10.3. The lowest BCUT2D eigenvalue weighted by Gasteiger charge is -2.09. The predicted molar refractivity (Wildman–Crippen MR) is 82.6 cm³/mol. The zero-order valence-corrected chi connectivity index (χ0v) is 13.9. The molecule has 7 heteroatoms. The van der Waals surface area contributed by atoms with Crippen molar-refractivity contribution in [1.29, 1.82) is 0 Å². The quantitative estimate of drug-likeness (QED) is 0.647. The van der Waals surface area contributed by atoms with Crippen LogP contribution >= 0.6 is 11.3 Å². The SMILES string of the molecule is CNCc1sccc1S(=O)(=O)NCCCCOC(C)C. The Morgan fingerprint density at radius 1 is 1.35 bits per heavy atom. The van der Waals surface area contributed by atoms with Gasteiger partial charge in [-0.3, -0.25) is 0 Å². The fourth-order valence-corrected chi connectivity index (χ4v) is 4.22. The average molecular weight is 320 g/mol. The van der Waals surface area contributed by atoms with Crippen molar-refractivity contribution < 1.29 is 13.2 Å². The number of nitrogens with one attached hydrogen (secondary N) is 2. The normalized spacial score (nSPS) is 12.2.